The molecule has 2 rings (SSSR count). The van der Waals surface area contributed by atoms with Crippen LogP contribution < -0.4 is 5.32 Å². The Morgan fingerprint density at radius 3 is 2.64 bits per heavy atom. The zero-order valence-electron chi connectivity index (χ0n) is 13.1. The van der Waals surface area contributed by atoms with Crippen LogP contribution in [0.25, 0.3) is 10.9 Å². The summed E-state index contributed by atoms with van der Waals surface area (Å²) in [5.41, 5.74) is 2.32. The second kappa shape index (κ2) is 7.61. The average Bonchev–Trinajstić information content (AvgIpc) is 2.91. The molecule has 1 aromatic carbocycles. The molecule has 0 spiro atoms. The van der Waals surface area contributed by atoms with Gasteiger partial charge in [-0.25, -0.2) is 0 Å². The van der Waals surface area contributed by atoms with Crippen LogP contribution in [0, 0.1) is 0 Å². The fourth-order valence-electron chi connectivity index (χ4n) is 2.61. The van der Waals surface area contributed by atoms with E-state index in [1.807, 2.05) is 29.9 Å². The van der Waals surface area contributed by atoms with E-state index in [1.165, 1.54) is 10.9 Å². The van der Waals surface area contributed by atoms with Gasteiger partial charge in [0.15, 0.2) is 0 Å². The second-order valence-corrected chi connectivity index (χ2v) is 5.20. The Labute approximate surface area is 131 Å². The van der Waals surface area contributed by atoms with Crippen LogP contribution in [-0.2, 0) is 17.9 Å². The largest absolute Gasteiger partial charge is 0.338 e. The average molecular weight is 297 g/mol. The lowest BCUT2D eigenvalue weighted by molar-refractivity contribution is -0.130. The lowest BCUT2D eigenvalue weighted by Gasteiger charge is -2.20. The molecule has 4 heteroatoms. The minimum absolute atomic E-state index is 0.0660. The molecule has 0 bridgehead atoms. The van der Waals surface area contributed by atoms with E-state index < -0.39 is 0 Å². The van der Waals surface area contributed by atoms with Crippen LogP contribution in [-0.4, -0.2) is 35.5 Å². The van der Waals surface area contributed by atoms with Crippen molar-refractivity contribution in [2.24, 2.45) is 0 Å². The first-order chi connectivity index (χ1) is 10.7. The number of nitrogens with one attached hydrogen (secondary N) is 1. The number of hydrogen-bond acceptors (Lipinski definition) is 2. The minimum Gasteiger partial charge on any atom is -0.338 e. The van der Waals surface area contributed by atoms with E-state index in [0.717, 1.165) is 12.1 Å². The van der Waals surface area contributed by atoms with Crippen molar-refractivity contribution in [1.29, 1.82) is 0 Å². The minimum atomic E-state index is 0.0660. The van der Waals surface area contributed by atoms with Gasteiger partial charge in [-0.1, -0.05) is 24.3 Å². The van der Waals surface area contributed by atoms with E-state index in [2.05, 4.69) is 30.6 Å². The SMILES string of the molecule is C=CCN(CC=C)C(=O)Cn1ccc2c(CNC)cccc21. The van der Waals surface area contributed by atoms with Crippen molar-refractivity contribution >= 4 is 16.8 Å². The molecule has 116 valence electrons. The molecule has 2 aromatic rings. The summed E-state index contributed by atoms with van der Waals surface area (Å²) in [6, 6.07) is 8.25. The van der Waals surface area contributed by atoms with E-state index in [1.54, 1.807) is 17.1 Å². The number of hydrogen-bond donors (Lipinski definition) is 1. The Morgan fingerprint density at radius 1 is 1.27 bits per heavy atom. The number of amides is 1. The summed E-state index contributed by atoms with van der Waals surface area (Å²) in [4.78, 5) is 14.2. The molecule has 1 amide bonds. The quantitative estimate of drug-likeness (QED) is 0.760. The number of benzene rings is 1. The fourth-order valence-corrected chi connectivity index (χ4v) is 2.61. The summed E-state index contributed by atoms with van der Waals surface area (Å²) in [5, 5.41) is 4.36. The molecule has 0 radical (unpaired) electrons. The molecule has 22 heavy (non-hydrogen) atoms. The van der Waals surface area contributed by atoms with E-state index in [4.69, 9.17) is 0 Å². The third-order valence-corrected chi connectivity index (χ3v) is 3.63. The van der Waals surface area contributed by atoms with Gasteiger partial charge >= 0.3 is 0 Å². The fraction of sp³-hybridized carbons (Fsp3) is 0.278. The second-order valence-electron chi connectivity index (χ2n) is 5.20. The number of nitrogens with zero attached hydrogens (tertiary/aromatic N) is 2. The molecule has 4 nitrogen and oxygen atoms in total. The van der Waals surface area contributed by atoms with Gasteiger partial charge in [-0.2, -0.15) is 0 Å². The molecule has 0 aliphatic carbocycles. The summed E-state index contributed by atoms with van der Waals surface area (Å²) >= 11 is 0. The van der Waals surface area contributed by atoms with Gasteiger partial charge in [0.2, 0.25) is 5.91 Å². The lowest BCUT2D eigenvalue weighted by Crippen LogP contribution is -2.34. The summed E-state index contributed by atoms with van der Waals surface area (Å²) in [5.74, 6) is 0.0660. The van der Waals surface area contributed by atoms with Gasteiger partial charge in [-0.3, -0.25) is 4.79 Å². The van der Waals surface area contributed by atoms with E-state index >= 15 is 0 Å². The van der Waals surface area contributed by atoms with Crippen molar-refractivity contribution < 1.29 is 4.79 Å². The summed E-state index contributed by atoms with van der Waals surface area (Å²) < 4.78 is 2.00. The Bertz CT molecular complexity index is 662. The van der Waals surface area contributed by atoms with Gasteiger partial charge in [0.25, 0.3) is 0 Å². The zero-order chi connectivity index (χ0) is 15.9. The third kappa shape index (κ3) is 3.46. The van der Waals surface area contributed by atoms with Crippen LogP contribution in [0.2, 0.25) is 0 Å². The standard InChI is InChI=1S/C18H23N3O/c1-4-10-20(11-5-2)18(22)14-21-12-9-16-15(13-19-3)7-6-8-17(16)21/h4-9,12,19H,1-2,10-11,13-14H2,3H3. The normalized spacial score (nSPS) is 10.6. The number of carbonyl (C=O) groups is 1. The topological polar surface area (TPSA) is 37.3 Å². The van der Waals surface area contributed by atoms with Crippen LogP contribution in [0.1, 0.15) is 5.56 Å². The zero-order valence-corrected chi connectivity index (χ0v) is 13.1. The Morgan fingerprint density at radius 2 is 2.00 bits per heavy atom. The van der Waals surface area contributed by atoms with Crippen molar-refractivity contribution in [2.45, 2.75) is 13.1 Å². The molecule has 0 unspecified atom stereocenters. The van der Waals surface area contributed by atoms with E-state index in [9.17, 15) is 4.79 Å². The van der Waals surface area contributed by atoms with Crippen LogP contribution >= 0.6 is 0 Å². The highest BCUT2D eigenvalue weighted by molar-refractivity contribution is 5.86. The van der Waals surface area contributed by atoms with Gasteiger partial charge < -0.3 is 14.8 Å². The molecule has 0 saturated carbocycles. The van der Waals surface area contributed by atoms with Crippen LogP contribution in [0.15, 0.2) is 55.8 Å². The molecule has 0 aliphatic heterocycles. The Hall–Kier alpha value is -2.33. The molecule has 1 aromatic heterocycles. The number of carbonyl (C=O) groups excluding carboxylic acids is 1. The van der Waals surface area contributed by atoms with Crippen molar-refractivity contribution in [3.8, 4) is 0 Å². The highest BCUT2D eigenvalue weighted by Crippen LogP contribution is 2.20. The monoisotopic (exact) mass is 297 g/mol. The van der Waals surface area contributed by atoms with Gasteiger partial charge in [0.1, 0.15) is 6.54 Å². The van der Waals surface area contributed by atoms with Gasteiger partial charge in [0.05, 0.1) is 0 Å². The predicted molar refractivity (Wildman–Crippen MR) is 91.7 cm³/mol. The first kappa shape index (κ1) is 16.0. The van der Waals surface area contributed by atoms with Gasteiger partial charge in [0, 0.05) is 36.7 Å². The molecule has 0 saturated heterocycles. The maximum Gasteiger partial charge on any atom is 0.243 e. The number of aromatic nitrogens is 1. The smallest absolute Gasteiger partial charge is 0.243 e. The Kier molecular flexibility index (Phi) is 5.55. The highest BCUT2D eigenvalue weighted by atomic mass is 16.2. The molecule has 0 atom stereocenters. The maximum atomic E-state index is 12.4. The van der Waals surface area contributed by atoms with Gasteiger partial charge in [-0.15, -0.1) is 13.2 Å². The lowest BCUT2D eigenvalue weighted by atomic mass is 10.1. The predicted octanol–water partition coefficient (Wildman–Crippen LogP) is 2.56. The van der Waals surface area contributed by atoms with Gasteiger partial charge in [-0.05, 0) is 24.7 Å². The van der Waals surface area contributed by atoms with Crippen LogP contribution in [0.4, 0.5) is 0 Å². The first-order valence-corrected chi connectivity index (χ1v) is 7.42. The van der Waals surface area contributed by atoms with Crippen LogP contribution in [0.5, 0.6) is 0 Å². The summed E-state index contributed by atoms with van der Waals surface area (Å²) in [6.45, 7) is 9.62. The van der Waals surface area contributed by atoms with E-state index in [0.29, 0.717) is 19.6 Å². The molecule has 1 heterocycles. The molecular formula is C18H23N3O. The van der Waals surface area contributed by atoms with Crippen LogP contribution in [0.3, 0.4) is 0 Å². The molecule has 1 N–H and O–H groups in total. The number of rotatable bonds is 8. The van der Waals surface area contributed by atoms with Crippen molar-refractivity contribution in [1.82, 2.24) is 14.8 Å². The Balaban J connectivity index is 2.24. The highest BCUT2D eigenvalue weighted by Gasteiger charge is 2.13. The van der Waals surface area contributed by atoms with Crippen molar-refractivity contribution in [3.05, 3.63) is 61.3 Å². The molecule has 0 aliphatic rings. The van der Waals surface area contributed by atoms with Crippen molar-refractivity contribution in [3.63, 3.8) is 0 Å². The molecular weight excluding hydrogens is 274 g/mol. The molecule has 0 fully saturated rings. The third-order valence-electron chi connectivity index (χ3n) is 3.63. The first-order valence-electron chi connectivity index (χ1n) is 7.42. The van der Waals surface area contributed by atoms with Crippen molar-refractivity contribution in [2.75, 3.05) is 20.1 Å². The summed E-state index contributed by atoms with van der Waals surface area (Å²) in [7, 11) is 1.93. The maximum absolute atomic E-state index is 12.4. The van der Waals surface area contributed by atoms with E-state index in [-0.39, 0.29) is 5.91 Å². The number of fused-ring (bicyclic) bond motifs is 1. The summed E-state index contributed by atoms with van der Waals surface area (Å²) in [6.07, 6.45) is 5.45.